The van der Waals surface area contributed by atoms with Crippen LogP contribution in [0.4, 0.5) is 13.2 Å². The minimum absolute atomic E-state index is 0.0267. The van der Waals surface area contributed by atoms with Crippen LogP contribution in [0.25, 0.3) is 0 Å². The summed E-state index contributed by atoms with van der Waals surface area (Å²) in [6.45, 7) is 0.617. The molecule has 1 aliphatic heterocycles. The average Bonchev–Trinajstić information content (AvgIpc) is 2.17. The van der Waals surface area contributed by atoms with Crippen molar-refractivity contribution in [3.8, 4) is 0 Å². The second kappa shape index (κ2) is 4.83. The number of halogens is 3. The predicted octanol–water partition coefficient (Wildman–Crippen LogP) is 1.01. The van der Waals surface area contributed by atoms with Crippen LogP contribution in [-0.2, 0) is 4.79 Å². The van der Waals surface area contributed by atoms with Crippen LogP contribution in [0, 0.1) is 5.92 Å². The Kier molecular flexibility index (Phi) is 3.96. The maximum absolute atomic E-state index is 12.3. The van der Waals surface area contributed by atoms with Crippen LogP contribution < -0.4 is 5.32 Å². The van der Waals surface area contributed by atoms with Gasteiger partial charge in [-0.2, -0.15) is 13.2 Å². The first-order valence-electron chi connectivity index (χ1n) is 4.94. The summed E-state index contributed by atoms with van der Waals surface area (Å²) in [5.41, 5.74) is 0. The van der Waals surface area contributed by atoms with Crippen molar-refractivity contribution in [3.05, 3.63) is 0 Å². The molecule has 1 rings (SSSR count). The number of carbonyl (C=O) groups excluding carboxylic acids is 1. The highest BCUT2D eigenvalue weighted by Crippen LogP contribution is 2.33. The van der Waals surface area contributed by atoms with Gasteiger partial charge in [-0.15, -0.1) is 0 Å². The maximum Gasteiger partial charge on any atom is 0.391 e. The molecule has 6 heteroatoms. The molecule has 1 fully saturated rings. The SMILES string of the molecule is CNCC(=O)N1CCC(C(F)(F)F)CC1. The quantitative estimate of drug-likeness (QED) is 0.759. The van der Waals surface area contributed by atoms with E-state index in [-0.39, 0.29) is 38.4 Å². The van der Waals surface area contributed by atoms with Crippen molar-refractivity contribution in [3.63, 3.8) is 0 Å². The lowest BCUT2D eigenvalue weighted by atomic mass is 9.96. The smallest absolute Gasteiger partial charge is 0.342 e. The Balaban J connectivity index is 2.39. The molecule has 0 aromatic rings. The summed E-state index contributed by atoms with van der Waals surface area (Å²) in [5, 5.41) is 2.69. The van der Waals surface area contributed by atoms with Gasteiger partial charge in [0.15, 0.2) is 0 Å². The lowest BCUT2D eigenvalue weighted by Crippen LogP contribution is -2.44. The second-order valence-corrected chi connectivity index (χ2v) is 3.73. The molecule has 0 aromatic heterocycles. The molecule has 1 amide bonds. The van der Waals surface area contributed by atoms with E-state index in [2.05, 4.69) is 5.32 Å². The molecule has 1 aliphatic rings. The number of nitrogens with zero attached hydrogens (tertiary/aromatic N) is 1. The first-order valence-corrected chi connectivity index (χ1v) is 4.94. The molecule has 0 saturated carbocycles. The van der Waals surface area contributed by atoms with E-state index in [0.717, 1.165) is 0 Å². The zero-order valence-corrected chi connectivity index (χ0v) is 8.60. The molecule has 0 bridgehead atoms. The predicted molar refractivity (Wildman–Crippen MR) is 49.3 cm³/mol. The summed E-state index contributed by atoms with van der Waals surface area (Å²) in [4.78, 5) is 12.8. The van der Waals surface area contributed by atoms with E-state index in [1.54, 1.807) is 7.05 Å². The highest BCUT2D eigenvalue weighted by molar-refractivity contribution is 5.78. The molecular formula is C9H15F3N2O. The molecule has 0 aliphatic carbocycles. The molecule has 1 heterocycles. The third-order valence-electron chi connectivity index (χ3n) is 2.64. The highest BCUT2D eigenvalue weighted by atomic mass is 19.4. The van der Waals surface area contributed by atoms with Crippen LogP contribution in [0.2, 0.25) is 0 Å². The van der Waals surface area contributed by atoms with Crippen molar-refractivity contribution >= 4 is 5.91 Å². The molecular weight excluding hydrogens is 209 g/mol. The van der Waals surface area contributed by atoms with Crippen molar-refractivity contribution in [1.82, 2.24) is 10.2 Å². The third-order valence-corrected chi connectivity index (χ3v) is 2.64. The molecule has 0 atom stereocenters. The second-order valence-electron chi connectivity index (χ2n) is 3.73. The van der Waals surface area contributed by atoms with Gasteiger partial charge in [-0.1, -0.05) is 0 Å². The minimum Gasteiger partial charge on any atom is -0.342 e. The van der Waals surface area contributed by atoms with Crippen LogP contribution >= 0.6 is 0 Å². The monoisotopic (exact) mass is 224 g/mol. The van der Waals surface area contributed by atoms with E-state index in [0.29, 0.717) is 0 Å². The number of hydrogen-bond donors (Lipinski definition) is 1. The van der Waals surface area contributed by atoms with E-state index in [4.69, 9.17) is 0 Å². The fourth-order valence-electron chi connectivity index (χ4n) is 1.72. The van der Waals surface area contributed by atoms with Crippen LogP contribution in [0.1, 0.15) is 12.8 Å². The summed E-state index contributed by atoms with van der Waals surface area (Å²) >= 11 is 0. The van der Waals surface area contributed by atoms with Crippen LogP contribution in [0.5, 0.6) is 0 Å². The van der Waals surface area contributed by atoms with Crippen LogP contribution in [0.3, 0.4) is 0 Å². The number of likely N-dealkylation sites (tertiary alicyclic amines) is 1. The first-order chi connectivity index (χ1) is 6.95. The summed E-state index contributed by atoms with van der Waals surface area (Å²) < 4.78 is 36.9. The molecule has 88 valence electrons. The average molecular weight is 224 g/mol. The number of likely N-dealkylation sites (N-methyl/N-ethyl adjacent to an activating group) is 1. The maximum atomic E-state index is 12.3. The fourth-order valence-corrected chi connectivity index (χ4v) is 1.72. The number of carbonyl (C=O) groups is 1. The summed E-state index contributed by atoms with van der Waals surface area (Å²) in [6, 6.07) is 0. The van der Waals surface area contributed by atoms with E-state index in [1.807, 2.05) is 0 Å². The van der Waals surface area contributed by atoms with Gasteiger partial charge >= 0.3 is 6.18 Å². The topological polar surface area (TPSA) is 32.3 Å². The lowest BCUT2D eigenvalue weighted by Gasteiger charge is -2.32. The molecule has 1 saturated heterocycles. The third kappa shape index (κ3) is 3.37. The van der Waals surface area contributed by atoms with Crippen molar-refractivity contribution < 1.29 is 18.0 Å². The van der Waals surface area contributed by atoms with E-state index < -0.39 is 12.1 Å². The Hall–Kier alpha value is -0.780. The standard InChI is InChI=1S/C9H15F3N2O/c1-13-6-8(15)14-4-2-7(3-5-14)9(10,11)12/h7,13H,2-6H2,1H3. The molecule has 0 spiro atoms. The fraction of sp³-hybridized carbons (Fsp3) is 0.889. The van der Waals surface area contributed by atoms with Gasteiger partial charge in [0.1, 0.15) is 0 Å². The van der Waals surface area contributed by atoms with Crippen molar-refractivity contribution in [2.24, 2.45) is 5.92 Å². The Bertz CT molecular complexity index is 222. The Morgan fingerprint density at radius 3 is 2.33 bits per heavy atom. The van der Waals surface area contributed by atoms with Gasteiger partial charge < -0.3 is 10.2 Å². The van der Waals surface area contributed by atoms with Crippen LogP contribution in [0.15, 0.2) is 0 Å². The van der Waals surface area contributed by atoms with Gasteiger partial charge in [0.05, 0.1) is 12.5 Å². The van der Waals surface area contributed by atoms with E-state index in [1.165, 1.54) is 4.90 Å². The van der Waals surface area contributed by atoms with Crippen molar-refractivity contribution in [2.75, 3.05) is 26.7 Å². The summed E-state index contributed by atoms with van der Waals surface area (Å²) in [6.07, 6.45) is -4.06. The zero-order chi connectivity index (χ0) is 11.5. The van der Waals surface area contributed by atoms with Gasteiger partial charge in [-0.3, -0.25) is 4.79 Å². The van der Waals surface area contributed by atoms with Gasteiger partial charge in [0.2, 0.25) is 5.91 Å². The van der Waals surface area contributed by atoms with Gasteiger partial charge in [0.25, 0.3) is 0 Å². The molecule has 0 aromatic carbocycles. The summed E-state index contributed by atoms with van der Waals surface area (Å²) in [7, 11) is 1.64. The lowest BCUT2D eigenvalue weighted by molar-refractivity contribution is -0.186. The van der Waals surface area contributed by atoms with E-state index in [9.17, 15) is 18.0 Å². The summed E-state index contributed by atoms with van der Waals surface area (Å²) in [5.74, 6) is -1.37. The Morgan fingerprint density at radius 1 is 1.40 bits per heavy atom. The normalized spacial score (nSPS) is 19.3. The molecule has 0 unspecified atom stereocenters. The van der Waals surface area contributed by atoms with Crippen LogP contribution in [-0.4, -0.2) is 43.7 Å². The number of nitrogens with one attached hydrogen (secondary N) is 1. The van der Waals surface area contributed by atoms with E-state index >= 15 is 0 Å². The molecule has 0 radical (unpaired) electrons. The Labute approximate surface area is 86.6 Å². The van der Waals surface area contributed by atoms with Gasteiger partial charge in [-0.25, -0.2) is 0 Å². The molecule has 3 nitrogen and oxygen atoms in total. The van der Waals surface area contributed by atoms with Gasteiger partial charge in [-0.05, 0) is 19.9 Å². The number of hydrogen-bond acceptors (Lipinski definition) is 2. The number of amides is 1. The minimum atomic E-state index is -4.11. The Morgan fingerprint density at radius 2 is 1.93 bits per heavy atom. The first kappa shape index (κ1) is 12.3. The van der Waals surface area contributed by atoms with Crippen molar-refractivity contribution in [2.45, 2.75) is 19.0 Å². The number of piperidine rings is 1. The number of rotatable bonds is 2. The largest absolute Gasteiger partial charge is 0.391 e. The van der Waals surface area contributed by atoms with Crippen molar-refractivity contribution in [1.29, 1.82) is 0 Å². The zero-order valence-electron chi connectivity index (χ0n) is 8.60. The highest BCUT2D eigenvalue weighted by Gasteiger charge is 2.41. The number of alkyl halides is 3. The molecule has 1 N–H and O–H groups in total. The molecule has 15 heavy (non-hydrogen) atoms. The van der Waals surface area contributed by atoms with Gasteiger partial charge in [0, 0.05) is 13.1 Å².